The van der Waals surface area contributed by atoms with Crippen molar-refractivity contribution in [2.45, 2.75) is 50.5 Å². The van der Waals surface area contributed by atoms with Crippen LogP contribution in [0.15, 0.2) is 47.6 Å². The molecule has 6 nitrogen and oxygen atoms in total. The minimum absolute atomic E-state index is 0.0696. The lowest BCUT2D eigenvalue weighted by molar-refractivity contribution is -0.00960. The highest BCUT2D eigenvalue weighted by atomic mass is 32.2. The number of hydrogen-bond acceptors (Lipinski definition) is 6. The van der Waals surface area contributed by atoms with Crippen LogP contribution in [0.2, 0.25) is 0 Å². The van der Waals surface area contributed by atoms with Gasteiger partial charge in [0, 0.05) is 5.75 Å². The number of aliphatic hydroxyl groups is 1. The first kappa shape index (κ1) is 20.1. The number of aromatic nitrogens is 4. The van der Waals surface area contributed by atoms with Gasteiger partial charge in [-0.1, -0.05) is 53.7 Å². The average Bonchev–Trinajstić information content (AvgIpc) is 3.19. The molecule has 0 amide bonds. The molecule has 4 rings (SSSR count). The third-order valence-corrected chi connectivity index (χ3v) is 6.29. The molecule has 1 aliphatic rings. The fourth-order valence-corrected chi connectivity index (χ4v) is 4.58. The van der Waals surface area contributed by atoms with E-state index < -0.39 is 6.10 Å². The zero-order valence-electron chi connectivity index (χ0n) is 16.8. The van der Waals surface area contributed by atoms with Crippen molar-refractivity contribution in [3.05, 3.63) is 64.7 Å². The molecule has 1 aromatic heterocycles. The second-order valence-electron chi connectivity index (χ2n) is 7.54. The van der Waals surface area contributed by atoms with Crippen LogP contribution >= 0.6 is 11.8 Å². The van der Waals surface area contributed by atoms with Gasteiger partial charge >= 0.3 is 0 Å². The summed E-state index contributed by atoms with van der Waals surface area (Å²) in [5.41, 5.74) is 5.88. The predicted molar refractivity (Wildman–Crippen MR) is 113 cm³/mol. The van der Waals surface area contributed by atoms with E-state index in [9.17, 15) is 5.11 Å². The van der Waals surface area contributed by atoms with Crippen LogP contribution in [0.25, 0.3) is 5.69 Å². The van der Waals surface area contributed by atoms with Gasteiger partial charge < -0.3 is 9.84 Å². The summed E-state index contributed by atoms with van der Waals surface area (Å²) in [5, 5.41) is 23.2. The summed E-state index contributed by atoms with van der Waals surface area (Å²) >= 11 is 1.44. The number of aryl methyl sites for hydroxylation is 3. The molecule has 0 unspecified atom stereocenters. The summed E-state index contributed by atoms with van der Waals surface area (Å²) in [4.78, 5) is 0. The normalized spacial score (nSPS) is 17.1. The predicted octanol–water partition coefficient (Wildman–Crippen LogP) is 3.83. The molecule has 1 aliphatic carbocycles. The van der Waals surface area contributed by atoms with Gasteiger partial charge in [0.05, 0.1) is 24.5 Å². The number of hydrogen-bond donors (Lipinski definition) is 1. The van der Waals surface area contributed by atoms with Crippen LogP contribution in [0.4, 0.5) is 0 Å². The first-order chi connectivity index (χ1) is 14.1. The Morgan fingerprint density at radius 3 is 2.97 bits per heavy atom. The van der Waals surface area contributed by atoms with Crippen LogP contribution in [0.3, 0.4) is 0 Å². The third-order valence-electron chi connectivity index (χ3n) is 5.23. The van der Waals surface area contributed by atoms with E-state index in [1.807, 2.05) is 19.1 Å². The number of tetrazole rings is 1. The number of rotatable bonds is 7. The van der Waals surface area contributed by atoms with Crippen LogP contribution in [0, 0.1) is 13.8 Å². The Morgan fingerprint density at radius 1 is 1.24 bits per heavy atom. The van der Waals surface area contributed by atoms with Crippen LogP contribution in [-0.4, -0.2) is 43.8 Å². The second-order valence-corrected chi connectivity index (χ2v) is 8.53. The van der Waals surface area contributed by atoms with Crippen LogP contribution < -0.4 is 0 Å². The fraction of sp³-hybridized carbons (Fsp3) is 0.409. The molecule has 29 heavy (non-hydrogen) atoms. The molecule has 0 radical (unpaired) electrons. The number of ether oxygens (including phenoxy) is 1. The number of aliphatic hydroxyl groups excluding tert-OH is 1. The first-order valence-corrected chi connectivity index (χ1v) is 11.0. The van der Waals surface area contributed by atoms with Gasteiger partial charge in [-0.15, -0.1) is 5.10 Å². The molecule has 1 N–H and O–H groups in total. The standard InChI is InChI=1S/C22H26N4O2S/c1-15-10-11-20(16(2)12-15)26-22(23-24-25-26)29-14-18(27)13-28-21-9-5-7-17-6-3-4-8-19(17)21/h3-4,6,8,10-12,18,21,27H,5,7,9,13-14H2,1-2H3/t18-,21+/m0/s1. The summed E-state index contributed by atoms with van der Waals surface area (Å²) < 4.78 is 7.79. The Morgan fingerprint density at radius 2 is 2.10 bits per heavy atom. The van der Waals surface area contributed by atoms with Crippen molar-refractivity contribution in [2.75, 3.05) is 12.4 Å². The van der Waals surface area contributed by atoms with E-state index in [1.165, 1.54) is 28.5 Å². The highest BCUT2D eigenvalue weighted by Crippen LogP contribution is 2.32. The quantitative estimate of drug-likeness (QED) is 0.597. The second kappa shape index (κ2) is 9.07. The van der Waals surface area contributed by atoms with E-state index >= 15 is 0 Å². The maximum atomic E-state index is 10.5. The maximum Gasteiger partial charge on any atom is 0.214 e. The number of benzene rings is 2. The molecule has 0 fully saturated rings. The highest BCUT2D eigenvalue weighted by Gasteiger charge is 2.21. The van der Waals surface area contributed by atoms with Gasteiger partial charge in [0.15, 0.2) is 0 Å². The van der Waals surface area contributed by atoms with E-state index in [1.54, 1.807) is 4.68 Å². The Kier molecular flexibility index (Phi) is 6.28. The van der Waals surface area contributed by atoms with Crippen molar-refractivity contribution in [3.63, 3.8) is 0 Å². The van der Waals surface area contributed by atoms with E-state index in [2.05, 4.69) is 52.8 Å². The summed E-state index contributed by atoms with van der Waals surface area (Å²) in [5.74, 6) is 0.472. The molecule has 0 bridgehead atoms. The topological polar surface area (TPSA) is 73.1 Å². The van der Waals surface area contributed by atoms with Crippen molar-refractivity contribution in [1.82, 2.24) is 20.2 Å². The summed E-state index contributed by atoms with van der Waals surface area (Å²) in [6, 6.07) is 14.6. The zero-order valence-corrected chi connectivity index (χ0v) is 17.6. The van der Waals surface area contributed by atoms with Crippen LogP contribution in [0.1, 0.15) is 41.2 Å². The molecule has 152 valence electrons. The van der Waals surface area contributed by atoms with Crippen molar-refractivity contribution >= 4 is 11.8 Å². The summed E-state index contributed by atoms with van der Waals surface area (Å²) in [6.45, 7) is 4.41. The Labute approximate surface area is 175 Å². The van der Waals surface area contributed by atoms with Crippen molar-refractivity contribution < 1.29 is 9.84 Å². The monoisotopic (exact) mass is 410 g/mol. The molecule has 0 saturated carbocycles. The molecule has 0 saturated heterocycles. The average molecular weight is 411 g/mol. The van der Waals surface area contributed by atoms with Crippen molar-refractivity contribution in [2.24, 2.45) is 0 Å². The first-order valence-electron chi connectivity index (χ1n) is 9.98. The number of nitrogens with zero attached hydrogens (tertiary/aromatic N) is 4. The van der Waals surface area contributed by atoms with Gasteiger partial charge in [0.2, 0.25) is 5.16 Å². The lowest BCUT2D eigenvalue weighted by Crippen LogP contribution is -2.22. The summed E-state index contributed by atoms with van der Waals surface area (Å²) in [6.07, 6.45) is 2.72. The van der Waals surface area contributed by atoms with Gasteiger partial charge in [0.25, 0.3) is 0 Å². The van der Waals surface area contributed by atoms with E-state index in [4.69, 9.17) is 4.74 Å². The van der Waals surface area contributed by atoms with Crippen molar-refractivity contribution in [3.8, 4) is 5.69 Å². The molecular formula is C22H26N4O2S. The Hall–Kier alpha value is -2.22. The molecule has 0 spiro atoms. The largest absolute Gasteiger partial charge is 0.390 e. The highest BCUT2D eigenvalue weighted by molar-refractivity contribution is 7.99. The maximum absolute atomic E-state index is 10.5. The molecular weight excluding hydrogens is 384 g/mol. The smallest absolute Gasteiger partial charge is 0.214 e. The summed E-state index contributed by atoms with van der Waals surface area (Å²) in [7, 11) is 0. The van der Waals surface area contributed by atoms with E-state index in [0.29, 0.717) is 17.5 Å². The minimum Gasteiger partial charge on any atom is -0.390 e. The molecule has 1 heterocycles. The molecule has 3 aromatic rings. The van der Waals surface area contributed by atoms with Gasteiger partial charge in [-0.05, 0) is 66.3 Å². The lowest BCUT2D eigenvalue weighted by atomic mass is 9.89. The third kappa shape index (κ3) is 4.69. The molecule has 2 aromatic carbocycles. The Balaban J connectivity index is 1.34. The SMILES string of the molecule is Cc1ccc(-n2nnnc2SC[C@@H](O)CO[C@@H]2CCCc3ccccc32)c(C)c1. The van der Waals surface area contributed by atoms with E-state index in [-0.39, 0.29) is 6.10 Å². The van der Waals surface area contributed by atoms with Crippen LogP contribution in [-0.2, 0) is 11.2 Å². The number of fused-ring (bicyclic) bond motifs is 1. The lowest BCUT2D eigenvalue weighted by Gasteiger charge is -2.26. The van der Waals surface area contributed by atoms with Gasteiger partial charge in [-0.3, -0.25) is 0 Å². The minimum atomic E-state index is -0.585. The van der Waals surface area contributed by atoms with Crippen LogP contribution in [0.5, 0.6) is 0 Å². The fourth-order valence-electron chi connectivity index (χ4n) is 3.79. The molecule has 0 aliphatic heterocycles. The Bertz CT molecular complexity index is 975. The van der Waals surface area contributed by atoms with E-state index in [0.717, 1.165) is 30.5 Å². The van der Waals surface area contributed by atoms with Gasteiger partial charge in [-0.2, -0.15) is 4.68 Å². The van der Waals surface area contributed by atoms with Gasteiger partial charge in [0.1, 0.15) is 0 Å². The molecule has 7 heteroatoms. The number of thioether (sulfide) groups is 1. The van der Waals surface area contributed by atoms with Gasteiger partial charge in [-0.25, -0.2) is 0 Å². The van der Waals surface area contributed by atoms with Crippen molar-refractivity contribution in [1.29, 1.82) is 0 Å². The zero-order chi connectivity index (χ0) is 20.2. The molecule has 2 atom stereocenters.